The van der Waals surface area contributed by atoms with Gasteiger partial charge in [0.15, 0.2) is 10.6 Å². The van der Waals surface area contributed by atoms with Gasteiger partial charge in [-0.2, -0.15) is 0 Å². The molecule has 4 heteroatoms. The van der Waals surface area contributed by atoms with E-state index in [9.17, 15) is 9.36 Å². The summed E-state index contributed by atoms with van der Waals surface area (Å²) in [7, 11) is -1.42. The van der Waals surface area contributed by atoms with Crippen LogP contribution in [0, 0.1) is 0 Å². The lowest BCUT2D eigenvalue weighted by atomic mass is 10.0. The smallest absolute Gasteiger partial charge is 0.298 e. The van der Waals surface area contributed by atoms with Crippen LogP contribution in [0.2, 0.25) is 0 Å². The van der Waals surface area contributed by atoms with E-state index in [2.05, 4.69) is 76.6 Å². The van der Waals surface area contributed by atoms with Crippen molar-refractivity contribution >= 4 is 40.6 Å². The molecule has 0 heterocycles. The molecule has 6 rings (SSSR count). The van der Waals surface area contributed by atoms with Crippen LogP contribution in [0.4, 0.5) is 0 Å². The first-order chi connectivity index (χ1) is 20.1. The summed E-state index contributed by atoms with van der Waals surface area (Å²) in [5.74, 6) is 0. The number of carbonyl (C=O) groups excluding carboxylic acids is 1. The van der Waals surface area contributed by atoms with Crippen molar-refractivity contribution in [3.05, 3.63) is 180 Å². The standard InChI is InChI=1S/C13H10O.C12H9Br.C12H10OP/c14-10-11-6-8-13(9-7-11)12-4-2-1-3-5-12;13-12-8-6-11(7-9-12)10-4-2-1-3-5-10;13-14(11-7-3-1-4-8-11)12-9-5-2-6-10-12/h1-10H;1-9H;1-10H/q;;+1. The molecular weight excluding hydrogens is 587 g/mol. The zero-order valence-electron chi connectivity index (χ0n) is 22.4. The molecule has 0 saturated heterocycles. The van der Waals surface area contributed by atoms with Crippen molar-refractivity contribution in [3.8, 4) is 22.3 Å². The van der Waals surface area contributed by atoms with Gasteiger partial charge in [-0.15, -0.1) is 0 Å². The predicted molar refractivity (Wildman–Crippen MR) is 177 cm³/mol. The minimum absolute atomic E-state index is 0.713. The molecule has 200 valence electrons. The van der Waals surface area contributed by atoms with Gasteiger partial charge in [0.1, 0.15) is 6.29 Å². The molecule has 0 radical (unpaired) electrons. The van der Waals surface area contributed by atoms with Crippen LogP contribution >= 0.6 is 23.7 Å². The molecule has 0 aliphatic heterocycles. The Bertz CT molecular complexity index is 1580. The van der Waals surface area contributed by atoms with Crippen molar-refractivity contribution < 1.29 is 9.36 Å². The number of rotatable bonds is 5. The minimum Gasteiger partial charge on any atom is -0.298 e. The zero-order valence-corrected chi connectivity index (χ0v) is 24.9. The molecule has 6 aromatic rings. The minimum atomic E-state index is -1.42. The van der Waals surface area contributed by atoms with E-state index in [1.54, 1.807) is 0 Å². The number of benzene rings is 6. The number of hydrogen-bond acceptors (Lipinski definition) is 2. The van der Waals surface area contributed by atoms with Crippen molar-refractivity contribution in [3.63, 3.8) is 0 Å². The van der Waals surface area contributed by atoms with Crippen molar-refractivity contribution in [2.24, 2.45) is 0 Å². The molecule has 0 aliphatic carbocycles. The molecule has 6 aromatic carbocycles. The molecule has 0 fully saturated rings. The average Bonchev–Trinajstić information content (AvgIpc) is 3.07. The maximum atomic E-state index is 12.0. The van der Waals surface area contributed by atoms with Gasteiger partial charge in [-0.25, -0.2) is 0 Å². The largest absolute Gasteiger partial charge is 0.415 e. The van der Waals surface area contributed by atoms with E-state index >= 15 is 0 Å². The lowest BCUT2D eigenvalue weighted by Gasteiger charge is -2.00. The molecule has 2 nitrogen and oxygen atoms in total. The van der Waals surface area contributed by atoms with Crippen LogP contribution in [0.1, 0.15) is 10.4 Å². The zero-order chi connectivity index (χ0) is 28.7. The first kappa shape index (κ1) is 29.6. The van der Waals surface area contributed by atoms with Crippen LogP contribution in [-0.2, 0) is 4.57 Å². The highest BCUT2D eigenvalue weighted by Crippen LogP contribution is 2.21. The third-order valence-electron chi connectivity index (χ3n) is 6.09. The third-order valence-corrected chi connectivity index (χ3v) is 8.15. The maximum Gasteiger partial charge on any atom is 0.415 e. The fourth-order valence-corrected chi connectivity index (χ4v) is 5.38. The molecular formula is C37H29BrO2P+. The van der Waals surface area contributed by atoms with Crippen molar-refractivity contribution in [2.75, 3.05) is 0 Å². The van der Waals surface area contributed by atoms with Gasteiger partial charge in [0, 0.05) is 10.0 Å². The van der Waals surface area contributed by atoms with Crippen LogP contribution in [0.5, 0.6) is 0 Å². The number of carbonyl (C=O) groups is 1. The molecule has 0 amide bonds. The molecule has 41 heavy (non-hydrogen) atoms. The van der Waals surface area contributed by atoms with Crippen molar-refractivity contribution in [2.45, 2.75) is 0 Å². The molecule has 0 spiro atoms. The number of halogens is 1. The average molecular weight is 617 g/mol. The summed E-state index contributed by atoms with van der Waals surface area (Å²) in [6.07, 6.45) is 0.856. The molecule has 0 saturated carbocycles. The Hall–Kier alpha value is -4.43. The summed E-state index contributed by atoms with van der Waals surface area (Å²) in [5, 5.41) is 1.77. The summed E-state index contributed by atoms with van der Waals surface area (Å²) >= 11 is 3.42. The Morgan fingerprint density at radius 2 is 0.732 bits per heavy atom. The second kappa shape index (κ2) is 16.0. The summed E-state index contributed by atoms with van der Waals surface area (Å²) in [6, 6.07) is 55.4. The maximum absolute atomic E-state index is 12.0. The Labute approximate surface area is 251 Å². The molecule has 0 bridgehead atoms. The Kier molecular flexibility index (Phi) is 11.5. The topological polar surface area (TPSA) is 34.1 Å². The van der Waals surface area contributed by atoms with Gasteiger partial charge in [0.25, 0.3) is 0 Å². The van der Waals surface area contributed by atoms with Gasteiger partial charge >= 0.3 is 7.80 Å². The number of hydrogen-bond donors (Lipinski definition) is 0. The second-order valence-electron chi connectivity index (χ2n) is 8.94. The van der Waals surface area contributed by atoms with E-state index in [0.717, 1.165) is 26.9 Å². The van der Waals surface area contributed by atoms with Gasteiger partial charge in [0.2, 0.25) is 0 Å². The Morgan fingerprint density at radius 1 is 0.415 bits per heavy atom. The number of aldehydes is 1. The molecule has 0 N–H and O–H groups in total. The predicted octanol–water partition coefficient (Wildman–Crippen LogP) is 9.75. The van der Waals surface area contributed by atoms with Crippen molar-refractivity contribution in [1.82, 2.24) is 0 Å². The van der Waals surface area contributed by atoms with E-state index in [1.807, 2.05) is 109 Å². The molecule has 0 aliphatic rings. The van der Waals surface area contributed by atoms with E-state index in [-0.39, 0.29) is 0 Å². The normalized spacial score (nSPS) is 9.78. The summed E-state index contributed by atoms with van der Waals surface area (Å²) in [6.45, 7) is 0. The lowest BCUT2D eigenvalue weighted by molar-refractivity contribution is 0.112. The van der Waals surface area contributed by atoms with E-state index in [1.165, 1.54) is 16.7 Å². The van der Waals surface area contributed by atoms with Gasteiger partial charge in [-0.1, -0.05) is 154 Å². The van der Waals surface area contributed by atoms with Gasteiger partial charge < -0.3 is 0 Å². The monoisotopic (exact) mass is 615 g/mol. The summed E-state index contributed by atoms with van der Waals surface area (Å²) < 4.78 is 13.1. The first-order valence-corrected chi connectivity index (χ1v) is 15.2. The van der Waals surface area contributed by atoms with Crippen LogP contribution in [-0.4, -0.2) is 6.29 Å². The van der Waals surface area contributed by atoms with E-state index in [4.69, 9.17) is 0 Å². The quantitative estimate of drug-likeness (QED) is 0.143. The second-order valence-corrected chi connectivity index (χ2v) is 11.5. The molecule has 0 atom stereocenters. The molecule has 0 aromatic heterocycles. The fourth-order valence-electron chi connectivity index (χ4n) is 3.93. The lowest BCUT2D eigenvalue weighted by Crippen LogP contribution is -2.04. The van der Waals surface area contributed by atoms with E-state index < -0.39 is 7.80 Å². The van der Waals surface area contributed by atoms with Crippen LogP contribution in [0.25, 0.3) is 22.3 Å². The van der Waals surface area contributed by atoms with Crippen LogP contribution in [0.3, 0.4) is 0 Å². The van der Waals surface area contributed by atoms with Crippen LogP contribution < -0.4 is 10.6 Å². The highest BCUT2D eigenvalue weighted by Gasteiger charge is 2.21. The Balaban J connectivity index is 0.000000142. The van der Waals surface area contributed by atoms with E-state index in [0.29, 0.717) is 5.56 Å². The highest BCUT2D eigenvalue weighted by atomic mass is 79.9. The Morgan fingerprint density at radius 3 is 1.10 bits per heavy atom. The SMILES string of the molecule is Brc1ccc(-c2ccccc2)cc1.O=Cc1ccc(-c2ccccc2)cc1.O=[P+](c1ccccc1)c1ccccc1. The molecule has 0 unspecified atom stereocenters. The highest BCUT2D eigenvalue weighted by molar-refractivity contribution is 9.10. The fraction of sp³-hybridized carbons (Fsp3) is 0. The summed E-state index contributed by atoms with van der Waals surface area (Å²) in [5.41, 5.74) is 5.53. The van der Waals surface area contributed by atoms with Crippen molar-refractivity contribution in [1.29, 1.82) is 0 Å². The third kappa shape index (κ3) is 9.32. The summed E-state index contributed by atoms with van der Waals surface area (Å²) in [4.78, 5) is 10.5. The van der Waals surface area contributed by atoms with Gasteiger partial charge in [-0.05, 0) is 58.7 Å². The first-order valence-electron chi connectivity index (χ1n) is 13.1. The van der Waals surface area contributed by atoms with Gasteiger partial charge in [-0.3, -0.25) is 4.79 Å². The van der Waals surface area contributed by atoms with Crippen LogP contribution in [0.15, 0.2) is 174 Å². The van der Waals surface area contributed by atoms with Gasteiger partial charge in [0.05, 0.1) is 0 Å².